The smallest absolute Gasteiger partial charge is 0.336 e. The molecular weight excluding hydrogens is 518 g/mol. The van der Waals surface area contributed by atoms with Crippen LogP contribution in [0.5, 0.6) is 5.75 Å². The topological polar surface area (TPSA) is 109 Å². The van der Waals surface area contributed by atoms with Crippen LogP contribution in [0.3, 0.4) is 0 Å². The molecule has 0 bridgehead atoms. The third kappa shape index (κ3) is 5.46. The maximum Gasteiger partial charge on any atom is 0.336 e. The Balaban J connectivity index is 1.57. The molecule has 4 aromatic rings. The fourth-order valence-electron chi connectivity index (χ4n) is 4.64. The zero-order valence-electron chi connectivity index (χ0n) is 20.9. The van der Waals surface area contributed by atoms with E-state index in [0.717, 1.165) is 0 Å². The summed E-state index contributed by atoms with van der Waals surface area (Å²) in [6.07, 6.45) is 1.83. The molecule has 0 saturated heterocycles. The number of rotatable bonds is 7. The Morgan fingerprint density at radius 1 is 1.03 bits per heavy atom. The van der Waals surface area contributed by atoms with Gasteiger partial charge in [-0.15, -0.1) is 0 Å². The summed E-state index contributed by atoms with van der Waals surface area (Å²) in [5, 5.41) is 13.1. The highest BCUT2D eigenvalue weighted by molar-refractivity contribution is 6.31. The van der Waals surface area contributed by atoms with Crippen LogP contribution in [0.4, 0.5) is 5.69 Å². The SMILES string of the molecule is COc1ccc(-c2cc(CN3C(=O)c4ccc(Cl)cc4NC(=O)C3Cc3ccccn3)ccc2C(=O)O)cc1. The molecule has 0 saturated carbocycles. The lowest BCUT2D eigenvalue weighted by Crippen LogP contribution is -2.46. The van der Waals surface area contributed by atoms with Gasteiger partial charge < -0.3 is 20.1 Å². The Morgan fingerprint density at radius 2 is 1.82 bits per heavy atom. The highest BCUT2D eigenvalue weighted by Gasteiger charge is 2.36. The molecule has 0 fully saturated rings. The zero-order chi connectivity index (χ0) is 27.5. The summed E-state index contributed by atoms with van der Waals surface area (Å²) < 4.78 is 5.23. The fourth-order valence-corrected chi connectivity index (χ4v) is 4.82. The molecule has 3 aromatic carbocycles. The largest absolute Gasteiger partial charge is 0.497 e. The van der Waals surface area contributed by atoms with Crippen LogP contribution in [0.25, 0.3) is 11.1 Å². The minimum Gasteiger partial charge on any atom is -0.497 e. The maximum absolute atomic E-state index is 13.9. The van der Waals surface area contributed by atoms with Crippen molar-refractivity contribution in [3.05, 3.63) is 112 Å². The van der Waals surface area contributed by atoms with Gasteiger partial charge in [-0.1, -0.05) is 35.9 Å². The molecule has 8 nitrogen and oxygen atoms in total. The van der Waals surface area contributed by atoms with Crippen LogP contribution in [0.1, 0.15) is 32.0 Å². The Labute approximate surface area is 229 Å². The molecule has 196 valence electrons. The van der Waals surface area contributed by atoms with E-state index in [1.807, 2.05) is 6.07 Å². The standard InChI is InChI=1S/C30H24ClN3O5/c1-39-22-9-6-19(7-10-22)25-14-18(5-11-23(25)30(37)38)17-34-27(16-21-4-2-3-13-32-21)28(35)33-26-15-20(31)8-12-24(26)29(34)36/h2-15,27H,16-17H2,1H3,(H,33,35)(H,37,38). The van der Waals surface area contributed by atoms with Gasteiger partial charge in [-0.2, -0.15) is 0 Å². The Morgan fingerprint density at radius 3 is 2.51 bits per heavy atom. The lowest BCUT2D eigenvalue weighted by Gasteiger charge is -2.29. The summed E-state index contributed by atoms with van der Waals surface area (Å²) in [4.78, 5) is 45.2. The van der Waals surface area contributed by atoms with Crippen molar-refractivity contribution in [1.82, 2.24) is 9.88 Å². The highest BCUT2D eigenvalue weighted by atomic mass is 35.5. The van der Waals surface area contributed by atoms with E-state index >= 15 is 0 Å². The number of aromatic carboxylic acids is 1. The second-order valence-corrected chi connectivity index (χ2v) is 9.50. The van der Waals surface area contributed by atoms with E-state index < -0.39 is 12.0 Å². The van der Waals surface area contributed by atoms with E-state index in [1.165, 1.54) is 11.0 Å². The number of hydrogen-bond acceptors (Lipinski definition) is 5. The molecule has 0 aliphatic carbocycles. The molecule has 0 radical (unpaired) electrons. The van der Waals surface area contributed by atoms with Gasteiger partial charge in [0.1, 0.15) is 11.8 Å². The van der Waals surface area contributed by atoms with Gasteiger partial charge in [-0.25, -0.2) is 4.79 Å². The second kappa shape index (κ2) is 11.0. The summed E-state index contributed by atoms with van der Waals surface area (Å²) in [6.45, 7) is 0.0644. The number of carboxylic acids is 1. The van der Waals surface area contributed by atoms with E-state index in [2.05, 4.69) is 10.3 Å². The van der Waals surface area contributed by atoms with E-state index in [4.69, 9.17) is 16.3 Å². The average molecular weight is 542 g/mol. The van der Waals surface area contributed by atoms with Crippen LogP contribution in [0.15, 0.2) is 85.1 Å². The lowest BCUT2D eigenvalue weighted by atomic mass is 9.96. The number of amides is 2. The first-order chi connectivity index (χ1) is 18.8. The minimum absolute atomic E-state index is 0.0644. The summed E-state index contributed by atoms with van der Waals surface area (Å²) in [5.41, 5.74) is 3.26. The number of benzene rings is 3. The van der Waals surface area contributed by atoms with E-state index in [0.29, 0.717) is 44.4 Å². The minimum atomic E-state index is -1.07. The number of carbonyl (C=O) groups is 3. The van der Waals surface area contributed by atoms with Crippen LogP contribution in [-0.4, -0.2) is 45.9 Å². The maximum atomic E-state index is 13.9. The van der Waals surface area contributed by atoms with Crippen molar-refractivity contribution in [2.75, 3.05) is 12.4 Å². The number of anilines is 1. The van der Waals surface area contributed by atoms with Crippen LogP contribution >= 0.6 is 11.6 Å². The Kier molecular flexibility index (Phi) is 7.29. The van der Waals surface area contributed by atoms with Crippen LogP contribution in [0, 0.1) is 0 Å². The quantitative estimate of drug-likeness (QED) is 0.328. The first-order valence-corrected chi connectivity index (χ1v) is 12.5. The van der Waals surface area contributed by atoms with Gasteiger partial charge >= 0.3 is 5.97 Å². The molecule has 5 rings (SSSR count). The van der Waals surface area contributed by atoms with Crippen molar-refractivity contribution in [2.45, 2.75) is 19.0 Å². The molecule has 1 unspecified atom stereocenters. The number of carboxylic acid groups (broad SMARTS) is 1. The molecule has 2 amide bonds. The van der Waals surface area contributed by atoms with Crippen molar-refractivity contribution in [2.24, 2.45) is 0 Å². The van der Waals surface area contributed by atoms with Gasteiger partial charge in [0.2, 0.25) is 5.91 Å². The summed E-state index contributed by atoms with van der Waals surface area (Å²) in [7, 11) is 1.56. The normalized spacial score (nSPS) is 14.8. The third-order valence-corrected chi connectivity index (χ3v) is 6.84. The molecular formula is C30H24ClN3O5. The van der Waals surface area contributed by atoms with E-state index in [1.54, 1.807) is 80.0 Å². The van der Waals surface area contributed by atoms with Gasteiger partial charge in [0, 0.05) is 29.9 Å². The fraction of sp³-hybridized carbons (Fsp3) is 0.133. The summed E-state index contributed by atoms with van der Waals surface area (Å²) in [6, 6.07) is 21.2. The average Bonchev–Trinajstić information content (AvgIpc) is 3.03. The first-order valence-electron chi connectivity index (χ1n) is 12.2. The van der Waals surface area contributed by atoms with Gasteiger partial charge in [0.05, 0.1) is 23.9 Å². The monoisotopic (exact) mass is 541 g/mol. The molecule has 1 aliphatic rings. The highest BCUT2D eigenvalue weighted by Crippen LogP contribution is 2.31. The number of ether oxygens (including phenoxy) is 1. The van der Waals surface area contributed by atoms with E-state index in [9.17, 15) is 19.5 Å². The Bertz CT molecular complexity index is 1560. The van der Waals surface area contributed by atoms with Crippen molar-refractivity contribution in [3.8, 4) is 16.9 Å². The predicted molar refractivity (Wildman–Crippen MR) is 147 cm³/mol. The van der Waals surface area contributed by atoms with Crippen molar-refractivity contribution < 1.29 is 24.2 Å². The van der Waals surface area contributed by atoms with Gasteiger partial charge in [0.25, 0.3) is 5.91 Å². The van der Waals surface area contributed by atoms with Crippen molar-refractivity contribution >= 4 is 35.1 Å². The molecule has 39 heavy (non-hydrogen) atoms. The zero-order valence-corrected chi connectivity index (χ0v) is 21.7. The molecule has 2 heterocycles. The van der Waals surface area contributed by atoms with Gasteiger partial charge in [-0.05, 0) is 71.3 Å². The number of carbonyl (C=O) groups excluding carboxylic acids is 2. The molecule has 0 spiro atoms. The molecule has 1 aromatic heterocycles. The number of aromatic nitrogens is 1. The van der Waals surface area contributed by atoms with Crippen LogP contribution < -0.4 is 10.1 Å². The Hall–Kier alpha value is -4.69. The predicted octanol–water partition coefficient (Wildman–Crippen LogP) is 5.31. The number of nitrogens with one attached hydrogen (secondary N) is 1. The number of methoxy groups -OCH3 is 1. The van der Waals surface area contributed by atoms with Gasteiger partial charge in [-0.3, -0.25) is 14.6 Å². The number of hydrogen-bond donors (Lipinski definition) is 2. The second-order valence-electron chi connectivity index (χ2n) is 9.07. The molecule has 9 heteroatoms. The number of nitrogens with zero attached hydrogens (tertiary/aromatic N) is 2. The summed E-state index contributed by atoms with van der Waals surface area (Å²) >= 11 is 6.15. The number of fused-ring (bicyclic) bond motifs is 1. The number of pyridine rings is 1. The molecule has 1 aliphatic heterocycles. The lowest BCUT2D eigenvalue weighted by molar-refractivity contribution is -0.120. The van der Waals surface area contributed by atoms with E-state index in [-0.39, 0.29) is 30.3 Å². The van der Waals surface area contributed by atoms with Crippen molar-refractivity contribution in [3.63, 3.8) is 0 Å². The van der Waals surface area contributed by atoms with Crippen molar-refractivity contribution in [1.29, 1.82) is 0 Å². The number of halogens is 1. The summed E-state index contributed by atoms with van der Waals surface area (Å²) in [5.74, 6) is -1.15. The molecule has 2 N–H and O–H groups in total. The van der Waals surface area contributed by atoms with Crippen LogP contribution in [-0.2, 0) is 17.8 Å². The van der Waals surface area contributed by atoms with Crippen LogP contribution in [0.2, 0.25) is 5.02 Å². The third-order valence-electron chi connectivity index (χ3n) is 6.61. The molecule has 1 atom stereocenters. The first kappa shape index (κ1) is 25.9. The van der Waals surface area contributed by atoms with Gasteiger partial charge in [0.15, 0.2) is 0 Å².